The number of fused-ring (bicyclic) bond motifs is 1. The lowest BCUT2D eigenvalue weighted by molar-refractivity contribution is -0.385. The van der Waals surface area contributed by atoms with Crippen LogP contribution in [0.3, 0.4) is 0 Å². The van der Waals surface area contributed by atoms with E-state index in [2.05, 4.69) is 5.32 Å². The molecule has 0 aromatic heterocycles. The number of carbonyl (C=O) groups excluding carboxylic acids is 1. The van der Waals surface area contributed by atoms with Crippen LogP contribution in [-0.4, -0.2) is 58.2 Å². The molecule has 0 spiro atoms. The largest absolute Gasteiger partial charge is 0.322 e. The van der Waals surface area contributed by atoms with Crippen molar-refractivity contribution >= 4 is 74.1 Å². The quantitative estimate of drug-likeness (QED) is 0.0937. The monoisotopic (exact) mass is 729 g/mol. The number of nitro benzene ring substituents is 1. The minimum Gasteiger partial charge on any atom is -0.322 e. The van der Waals surface area contributed by atoms with Crippen LogP contribution in [0.15, 0.2) is 74.2 Å². The molecule has 1 amide bonds. The maximum atomic E-state index is 13.5. The molecule has 0 unspecified atom stereocenters. The first-order valence-electron chi connectivity index (χ1n) is 12.7. The molecule has 4 aromatic rings. The van der Waals surface area contributed by atoms with E-state index in [0.29, 0.717) is 34.9 Å². The van der Waals surface area contributed by atoms with E-state index in [1.807, 2.05) is 4.72 Å². The highest BCUT2D eigenvalue weighted by Crippen LogP contribution is 2.38. The summed E-state index contributed by atoms with van der Waals surface area (Å²) < 4.78 is 130. The highest BCUT2D eigenvalue weighted by Gasteiger charge is 2.28. The molecule has 250 valence electrons. The number of hydrogen-bond acceptors (Lipinski definition) is 11. The minimum absolute atomic E-state index is 0.0523. The third-order valence-electron chi connectivity index (χ3n) is 6.86. The number of amides is 1. The maximum absolute atomic E-state index is 13.5. The molecule has 0 aliphatic carbocycles. The minimum atomic E-state index is -5.46. The van der Waals surface area contributed by atoms with Crippen molar-refractivity contribution in [3.05, 3.63) is 87.0 Å². The lowest BCUT2D eigenvalue weighted by Crippen LogP contribution is -2.17. The van der Waals surface area contributed by atoms with Gasteiger partial charge in [0, 0.05) is 33.7 Å². The molecule has 0 bridgehead atoms. The van der Waals surface area contributed by atoms with Crippen LogP contribution in [0.1, 0.15) is 27.0 Å². The molecule has 47 heavy (non-hydrogen) atoms. The van der Waals surface area contributed by atoms with Gasteiger partial charge in [0.15, 0.2) is 0 Å². The molecular formula is C26H23N3O14S4. The summed E-state index contributed by atoms with van der Waals surface area (Å²) in [7, 11) is -20.7. The van der Waals surface area contributed by atoms with Crippen molar-refractivity contribution in [3.8, 4) is 0 Å². The second-order valence-electron chi connectivity index (χ2n) is 10.1. The van der Waals surface area contributed by atoms with E-state index in [1.165, 1.54) is 26.0 Å². The van der Waals surface area contributed by atoms with Crippen molar-refractivity contribution in [2.24, 2.45) is 0 Å². The summed E-state index contributed by atoms with van der Waals surface area (Å²) >= 11 is 0. The number of anilines is 2. The van der Waals surface area contributed by atoms with Crippen molar-refractivity contribution in [2.45, 2.75) is 40.4 Å². The first-order chi connectivity index (χ1) is 21.4. The maximum Gasteiger partial charge on any atom is 0.295 e. The second-order valence-corrected chi connectivity index (χ2v) is 16.0. The third kappa shape index (κ3) is 7.25. The Labute approximate surface area is 267 Å². The summed E-state index contributed by atoms with van der Waals surface area (Å²) in [5.41, 5.74) is -0.104. The first-order valence-corrected chi connectivity index (χ1v) is 18.5. The topological polar surface area (TPSA) is 282 Å². The van der Waals surface area contributed by atoms with Crippen LogP contribution in [-0.2, 0) is 40.4 Å². The number of sulfonamides is 1. The van der Waals surface area contributed by atoms with Crippen LogP contribution in [0.5, 0.6) is 0 Å². The number of nitrogens with zero attached hydrogens (tertiary/aromatic N) is 1. The molecule has 4 aromatic carbocycles. The van der Waals surface area contributed by atoms with Gasteiger partial charge in [-0.2, -0.15) is 25.3 Å². The summed E-state index contributed by atoms with van der Waals surface area (Å²) in [5.74, 6) is -0.810. The molecule has 0 atom stereocenters. The van der Waals surface area contributed by atoms with Gasteiger partial charge in [-0.05, 0) is 74.4 Å². The van der Waals surface area contributed by atoms with Crippen LogP contribution < -0.4 is 10.0 Å². The van der Waals surface area contributed by atoms with Gasteiger partial charge in [0.1, 0.15) is 9.79 Å². The van der Waals surface area contributed by atoms with E-state index in [9.17, 15) is 62.2 Å². The fourth-order valence-corrected chi connectivity index (χ4v) is 7.77. The molecule has 0 aliphatic heterocycles. The van der Waals surface area contributed by atoms with Gasteiger partial charge >= 0.3 is 0 Å². The van der Waals surface area contributed by atoms with Crippen LogP contribution in [0.25, 0.3) is 10.8 Å². The zero-order chi connectivity index (χ0) is 35.4. The number of aryl methyl sites for hydroxylation is 3. The van der Waals surface area contributed by atoms with Crippen molar-refractivity contribution in [2.75, 3.05) is 10.0 Å². The van der Waals surface area contributed by atoms with E-state index >= 15 is 0 Å². The Bertz CT molecular complexity index is 2480. The number of hydrogen-bond donors (Lipinski definition) is 5. The summed E-state index contributed by atoms with van der Waals surface area (Å²) in [5, 5.41) is 12.1. The van der Waals surface area contributed by atoms with E-state index < -0.39 is 87.2 Å². The van der Waals surface area contributed by atoms with Crippen LogP contribution in [0.4, 0.5) is 17.1 Å². The predicted molar refractivity (Wildman–Crippen MR) is 166 cm³/mol. The highest BCUT2D eigenvalue weighted by atomic mass is 32.2. The molecule has 17 nitrogen and oxygen atoms in total. The van der Waals surface area contributed by atoms with Crippen molar-refractivity contribution < 1.29 is 57.0 Å². The SMILES string of the molecule is Cc1ccc(S(=O)(=O)Nc2ccc(S(=O)(=O)O)c3cc(S(=O)(=O)O)cc(S(=O)(=O)O)c23)cc1NC(=O)c1cc([N+](=O)[O-])c(C)cc1C. The van der Waals surface area contributed by atoms with Gasteiger partial charge in [0.2, 0.25) is 0 Å². The van der Waals surface area contributed by atoms with Gasteiger partial charge < -0.3 is 5.32 Å². The van der Waals surface area contributed by atoms with E-state index in [4.69, 9.17) is 0 Å². The molecule has 0 fully saturated rings. The molecule has 5 N–H and O–H groups in total. The zero-order valence-electron chi connectivity index (χ0n) is 24.1. The highest BCUT2D eigenvalue weighted by molar-refractivity contribution is 7.92. The summed E-state index contributed by atoms with van der Waals surface area (Å²) in [6.45, 7) is 4.54. The molecule has 0 aliphatic rings. The number of carbonyl (C=O) groups is 1. The van der Waals surface area contributed by atoms with Gasteiger partial charge in [-0.3, -0.25) is 33.3 Å². The van der Waals surface area contributed by atoms with Crippen LogP contribution in [0, 0.1) is 30.9 Å². The van der Waals surface area contributed by atoms with Crippen LogP contribution in [0.2, 0.25) is 0 Å². The van der Waals surface area contributed by atoms with Gasteiger partial charge in [-0.15, -0.1) is 0 Å². The van der Waals surface area contributed by atoms with Crippen molar-refractivity contribution in [3.63, 3.8) is 0 Å². The molecule has 4 rings (SSSR count). The molecule has 0 saturated carbocycles. The van der Waals surface area contributed by atoms with Crippen molar-refractivity contribution in [1.82, 2.24) is 0 Å². The number of benzene rings is 4. The Hall–Kier alpha value is -4.51. The Balaban J connectivity index is 1.86. The Kier molecular flexibility index (Phi) is 8.98. The summed E-state index contributed by atoms with van der Waals surface area (Å²) in [6.07, 6.45) is 0. The van der Waals surface area contributed by atoms with Gasteiger partial charge in [-0.25, -0.2) is 8.42 Å². The van der Waals surface area contributed by atoms with Gasteiger partial charge in [0.05, 0.1) is 20.4 Å². The van der Waals surface area contributed by atoms with Gasteiger partial charge in [-0.1, -0.05) is 6.07 Å². The summed E-state index contributed by atoms with van der Waals surface area (Å²) in [4.78, 5) is 19.6. The molecule has 0 saturated heterocycles. The lowest BCUT2D eigenvalue weighted by atomic mass is 10.0. The van der Waals surface area contributed by atoms with E-state index in [1.54, 1.807) is 6.92 Å². The fourth-order valence-electron chi connectivity index (χ4n) is 4.64. The number of nitro groups is 1. The molecule has 21 heteroatoms. The summed E-state index contributed by atoms with van der Waals surface area (Å²) in [6, 6.07) is 7.90. The smallest absolute Gasteiger partial charge is 0.295 e. The molecule has 0 radical (unpaired) electrons. The Morgan fingerprint density at radius 1 is 0.681 bits per heavy atom. The van der Waals surface area contributed by atoms with E-state index in [-0.39, 0.29) is 23.0 Å². The zero-order valence-corrected chi connectivity index (χ0v) is 27.4. The van der Waals surface area contributed by atoms with Crippen LogP contribution >= 0.6 is 0 Å². The third-order valence-corrected chi connectivity index (χ3v) is 10.8. The van der Waals surface area contributed by atoms with Gasteiger partial charge in [0.25, 0.3) is 52.0 Å². The molecule has 0 heterocycles. The average Bonchev–Trinajstić information content (AvgIpc) is 2.91. The first kappa shape index (κ1) is 35.3. The number of rotatable bonds is 9. The molecular weight excluding hydrogens is 707 g/mol. The lowest BCUT2D eigenvalue weighted by Gasteiger charge is -2.17. The fraction of sp³-hybridized carbons (Fsp3) is 0.115. The number of nitrogens with one attached hydrogen (secondary N) is 2. The Morgan fingerprint density at radius 3 is 1.85 bits per heavy atom. The average molecular weight is 730 g/mol. The normalized spacial score (nSPS) is 12.6. The predicted octanol–water partition coefficient (Wildman–Crippen LogP) is 3.47. The Morgan fingerprint density at radius 2 is 1.30 bits per heavy atom. The standard InChI is InChI=1S/C26H23N3O14S4/c1-13-4-5-16(10-21(13)27-26(30)18-12-22(29(31)32)15(3)8-14(18)2)44(33,34)28-20-6-7-23(46(38,39)40)19-9-17(45(35,36)37)11-24(25(19)20)47(41,42)43/h4-12,28H,1-3H3,(H,27,30)(H,35,36,37)(H,38,39,40)(H,41,42,43). The van der Waals surface area contributed by atoms with E-state index in [0.717, 1.165) is 18.2 Å². The van der Waals surface area contributed by atoms with Crippen molar-refractivity contribution in [1.29, 1.82) is 0 Å². The second kappa shape index (κ2) is 11.9.